The molecule has 1 unspecified atom stereocenters. The van der Waals surface area contributed by atoms with Gasteiger partial charge in [-0.3, -0.25) is 0 Å². The van der Waals surface area contributed by atoms with Gasteiger partial charge in [-0.1, -0.05) is 15.9 Å². The van der Waals surface area contributed by atoms with Crippen LogP contribution < -0.4 is 4.90 Å². The topological polar surface area (TPSA) is 3.24 Å². The highest BCUT2D eigenvalue weighted by Gasteiger charge is 2.26. The summed E-state index contributed by atoms with van der Waals surface area (Å²) in [5.41, 5.74) is 0.213. The number of alkyl halides is 1. The number of anilines is 1. The van der Waals surface area contributed by atoms with E-state index in [1.165, 1.54) is 5.69 Å². The van der Waals surface area contributed by atoms with E-state index in [9.17, 15) is 4.39 Å². The fourth-order valence-corrected chi connectivity index (χ4v) is 2.42. The summed E-state index contributed by atoms with van der Waals surface area (Å²) in [7, 11) is 0. The lowest BCUT2D eigenvalue weighted by Gasteiger charge is -2.23. The molecule has 0 aromatic heterocycles. The van der Waals surface area contributed by atoms with Crippen molar-refractivity contribution >= 4 is 21.6 Å². The van der Waals surface area contributed by atoms with Crippen LogP contribution in [0.15, 0.2) is 28.7 Å². The molecule has 1 atom stereocenters. The summed E-state index contributed by atoms with van der Waals surface area (Å²) in [4.78, 5) is 2.28. The third-order valence-corrected chi connectivity index (χ3v) is 3.75. The normalized spacial score (nSPS) is 26.6. The molecule has 0 amide bonds. The van der Waals surface area contributed by atoms with E-state index in [2.05, 4.69) is 33.0 Å². The number of benzene rings is 1. The van der Waals surface area contributed by atoms with Gasteiger partial charge in [0.2, 0.25) is 0 Å². The van der Waals surface area contributed by atoms with Gasteiger partial charge in [-0.2, -0.15) is 0 Å². The Balaban J connectivity index is 2.08. The number of halogens is 2. The van der Waals surface area contributed by atoms with Crippen LogP contribution in [0.5, 0.6) is 0 Å². The predicted molar refractivity (Wildman–Crippen MR) is 69.7 cm³/mol. The second kappa shape index (κ2) is 4.74. The molecule has 16 heavy (non-hydrogen) atoms. The first-order valence-electron chi connectivity index (χ1n) is 5.76. The molecule has 1 aromatic carbocycles. The van der Waals surface area contributed by atoms with E-state index in [1.54, 1.807) is 6.92 Å². The van der Waals surface area contributed by atoms with Gasteiger partial charge in [-0.25, -0.2) is 4.39 Å². The highest BCUT2D eigenvalue weighted by Crippen LogP contribution is 2.28. The lowest BCUT2D eigenvalue weighted by molar-refractivity contribution is 0.170. The van der Waals surface area contributed by atoms with Crippen molar-refractivity contribution in [2.24, 2.45) is 0 Å². The third-order valence-electron chi connectivity index (χ3n) is 3.22. The Morgan fingerprint density at radius 3 is 2.56 bits per heavy atom. The first-order chi connectivity index (χ1) is 7.57. The first kappa shape index (κ1) is 11.9. The molecule has 1 aliphatic heterocycles. The zero-order chi connectivity index (χ0) is 11.6. The van der Waals surface area contributed by atoms with Gasteiger partial charge in [-0.15, -0.1) is 0 Å². The molecule has 3 heteroatoms. The van der Waals surface area contributed by atoms with E-state index in [0.717, 1.165) is 24.0 Å². The van der Waals surface area contributed by atoms with Crippen LogP contribution in [0.3, 0.4) is 0 Å². The van der Waals surface area contributed by atoms with Gasteiger partial charge >= 0.3 is 0 Å². The standard InChI is InChI=1S/C13H17BrFN/c1-13(15)7-2-9-16(10-8-13)12-5-3-11(14)4-6-12/h3-6H,2,7-10H2,1H3. The molecule has 0 bridgehead atoms. The molecule has 1 aliphatic rings. The number of hydrogen-bond donors (Lipinski definition) is 0. The molecular weight excluding hydrogens is 269 g/mol. The maximum atomic E-state index is 13.9. The van der Waals surface area contributed by atoms with Gasteiger partial charge < -0.3 is 4.90 Å². The molecule has 0 spiro atoms. The molecule has 0 N–H and O–H groups in total. The monoisotopic (exact) mass is 285 g/mol. The van der Waals surface area contributed by atoms with Gasteiger partial charge in [0.05, 0.1) is 0 Å². The summed E-state index contributed by atoms with van der Waals surface area (Å²) in [5, 5.41) is 0. The van der Waals surface area contributed by atoms with Crippen molar-refractivity contribution in [1.29, 1.82) is 0 Å². The number of hydrogen-bond acceptors (Lipinski definition) is 1. The Labute approximate surface area is 105 Å². The van der Waals surface area contributed by atoms with Gasteiger partial charge in [0, 0.05) is 23.2 Å². The fraction of sp³-hybridized carbons (Fsp3) is 0.538. The van der Waals surface area contributed by atoms with Crippen molar-refractivity contribution in [3.8, 4) is 0 Å². The quantitative estimate of drug-likeness (QED) is 0.749. The number of nitrogens with zero attached hydrogens (tertiary/aromatic N) is 1. The molecule has 1 aromatic rings. The van der Waals surface area contributed by atoms with E-state index < -0.39 is 5.67 Å². The van der Waals surface area contributed by atoms with Crippen LogP contribution in [-0.4, -0.2) is 18.8 Å². The number of rotatable bonds is 1. The van der Waals surface area contributed by atoms with E-state index in [-0.39, 0.29) is 0 Å². The first-order valence-corrected chi connectivity index (χ1v) is 6.56. The summed E-state index contributed by atoms with van der Waals surface area (Å²) in [6, 6.07) is 8.25. The molecule has 0 radical (unpaired) electrons. The predicted octanol–water partition coefficient (Wildman–Crippen LogP) is 4.17. The van der Waals surface area contributed by atoms with Crippen molar-refractivity contribution in [2.45, 2.75) is 31.9 Å². The van der Waals surface area contributed by atoms with Crippen LogP contribution in [0.4, 0.5) is 10.1 Å². The Bertz CT molecular complexity index is 347. The molecule has 0 saturated carbocycles. The average molecular weight is 286 g/mol. The van der Waals surface area contributed by atoms with E-state index in [1.807, 2.05) is 12.1 Å². The van der Waals surface area contributed by atoms with Crippen molar-refractivity contribution < 1.29 is 4.39 Å². The summed E-state index contributed by atoms with van der Waals surface area (Å²) in [6.45, 7) is 3.49. The Hall–Kier alpha value is -0.570. The molecule has 1 saturated heterocycles. The van der Waals surface area contributed by atoms with Crippen molar-refractivity contribution in [3.63, 3.8) is 0 Å². The van der Waals surface area contributed by atoms with Crippen LogP contribution in [0.1, 0.15) is 26.2 Å². The van der Waals surface area contributed by atoms with E-state index in [0.29, 0.717) is 12.8 Å². The summed E-state index contributed by atoms with van der Waals surface area (Å²) < 4.78 is 14.9. The highest BCUT2D eigenvalue weighted by atomic mass is 79.9. The molecule has 88 valence electrons. The zero-order valence-electron chi connectivity index (χ0n) is 9.55. The minimum atomic E-state index is -0.982. The van der Waals surface area contributed by atoms with Crippen LogP contribution in [0, 0.1) is 0 Å². The Kier molecular flexibility index (Phi) is 3.53. The Morgan fingerprint density at radius 1 is 1.19 bits per heavy atom. The zero-order valence-corrected chi connectivity index (χ0v) is 11.1. The van der Waals surface area contributed by atoms with Crippen LogP contribution in [-0.2, 0) is 0 Å². The van der Waals surface area contributed by atoms with Crippen molar-refractivity contribution in [2.75, 3.05) is 18.0 Å². The van der Waals surface area contributed by atoms with Gasteiger partial charge in [0.1, 0.15) is 5.67 Å². The molecular formula is C13H17BrFN. The van der Waals surface area contributed by atoms with Crippen LogP contribution in [0.25, 0.3) is 0 Å². The second-order valence-corrected chi connectivity index (χ2v) is 5.65. The van der Waals surface area contributed by atoms with E-state index in [4.69, 9.17) is 0 Å². The molecule has 2 rings (SSSR count). The summed E-state index contributed by atoms with van der Waals surface area (Å²) in [6.07, 6.45) is 2.24. The van der Waals surface area contributed by atoms with Gasteiger partial charge in [-0.05, 0) is 50.5 Å². The van der Waals surface area contributed by atoms with Crippen LogP contribution in [0.2, 0.25) is 0 Å². The van der Waals surface area contributed by atoms with Gasteiger partial charge in [0.25, 0.3) is 0 Å². The fourth-order valence-electron chi connectivity index (χ4n) is 2.15. The maximum Gasteiger partial charge on any atom is 0.110 e. The lowest BCUT2D eigenvalue weighted by Crippen LogP contribution is -2.25. The Morgan fingerprint density at radius 2 is 1.88 bits per heavy atom. The van der Waals surface area contributed by atoms with Gasteiger partial charge in [0.15, 0.2) is 0 Å². The summed E-state index contributed by atoms with van der Waals surface area (Å²) in [5.74, 6) is 0. The molecule has 1 heterocycles. The van der Waals surface area contributed by atoms with Crippen LogP contribution >= 0.6 is 15.9 Å². The average Bonchev–Trinajstić information content (AvgIpc) is 2.41. The maximum absolute atomic E-state index is 13.9. The smallest absolute Gasteiger partial charge is 0.110 e. The third kappa shape index (κ3) is 2.97. The minimum Gasteiger partial charge on any atom is -0.371 e. The molecule has 1 fully saturated rings. The summed E-state index contributed by atoms with van der Waals surface area (Å²) >= 11 is 3.42. The molecule has 0 aliphatic carbocycles. The highest BCUT2D eigenvalue weighted by molar-refractivity contribution is 9.10. The van der Waals surface area contributed by atoms with E-state index >= 15 is 0 Å². The van der Waals surface area contributed by atoms with Crippen molar-refractivity contribution in [3.05, 3.63) is 28.7 Å². The molecule has 1 nitrogen and oxygen atoms in total. The largest absolute Gasteiger partial charge is 0.371 e. The van der Waals surface area contributed by atoms with Crippen molar-refractivity contribution in [1.82, 2.24) is 0 Å². The lowest BCUT2D eigenvalue weighted by atomic mass is 10.0. The SMILES string of the molecule is CC1(F)CCCN(c2ccc(Br)cc2)CC1. The second-order valence-electron chi connectivity index (χ2n) is 4.73. The minimum absolute atomic E-state index is 0.628.